The van der Waals surface area contributed by atoms with E-state index in [0.717, 1.165) is 12.1 Å². The smallest absolute Gasteiger partial charge is 0.0450 e. The highest BCUT2D eigenvalue weighted by molar-refractivity contribution is 5.66. The van der Waals surface area contributed by atoms with Gasteiger partial charge in [0.05, 0.1) is 0 Å². The highest BCUT2D eigenvalue weighted by Crippen LogP contribution is 2.34. The van der Waals surface area contributed by atoms with Gasteiger partial charge in [0, 0.05) is 17.5 Å². The Morgan fingerprint density at radius 3 is 2.50 bits per heavy atom. The summed E-state index contributed by atoms with van der Waals surface area (Å²) in [5.41, 5.74) is 4.02. The van der Waals surface area contributed by atoms with Crippen LogP contribution in [0.25, 0.3) is 12.2 Å². The molecule has 1 heterocycles. The zero-order valence-corrected chi connectivity index (χ0v) is 12.1. The van der Waals surface area contributed by atoms with Crippen molar-refractivity contribution in [1.29, 1.82) is 0 Å². The molecular weight excluding hydrogens is 218 g/mol. The molecule has 0 aliphatic rings. The molecule has 1 aromatic rings. The standard InChI is InChI=1S/C17H25N/c1-7-9-10-14-15(12-18-16(14)8-2)13(3)11-17(4,5)6/h7-10,12-13,18H,1-2,11H2,3-6H3/b10-9-. The van der Waals surface area contributed by atoms with Crippen molar-refractivity contribution in [3.05, 3.63) is 48.3 Å². The van der Waals surface area contributed by atoms with E-state index in [1.54, 1.807) is 6.08 Å². The Labute approximate surface area is 111 Å². The van der Waals surface area contributed by atoms with Crippen LogP contribution in [0.2, 0.25) is 0 Å². The molecule has 0 aliphatic carbocycles. The minimum absolute atomic E-state index is 0.338. The molecule has 0 saturated heterocycles. The molecule has 0 amide bonds. The Kier molecular flexibility index (Phi) is 4.77. The third-order valence-corrected chi connectivity index (χ3v) is 3.04. The van der Waals surface area contributed by atoms with Crippen LogP contribution in [0.5, 0.6) is 0 Å². The fourth-order valence-electron chi connectivity index (χ4n) is 2.42. The second kappa shape index (κ2) is 5.90. The SMILES string of the molecule is C=C/C=C\c1c(C(C)CC(C)(C)C)c[nH]c1C=C. The molecule has 98 valence electrons. The molecule has 1 atom stereocenters. The van der Waals surface area contributed by atoms with Gasteiger partial charge in [0.1, 0.15) is 0 Å². The number of aromatic amines is 1. The summed E-state index contributed by atoms with van der Waals surface area (Å²) >= 11 is 0. The Morgan fingerprint density at radius 2 is 2.00 bits per heavy atom. The van der Waals surface area contributed by atoms with Gasteiger partial charge < -0.3 is 4.98 Å². The van der Waals surface area contributed by atoms with Crippen LogP contribution in [0, 0.1) is 5.41 Å². The minimum Gasteiger partial charge on any atom is -0.361 e. The van der Waals surface area contributed by atoms with Crippen molar-refractivity contribution in [2.45, 2.75) is 40.0 Å². The molecule has 0 spiro atoms. The van der Waals surface area contributed by atoms with Gasteiger partial charge in [-0.15, -0.1) is 0 Å². The molecule has 1 N–H and O–H groups in total. The lowest BCUT2D eigenvalue weighted by molar-refractivity contribution is 0.349. The van der Waals surface area contributed by atoms with E-state index in [4.69, 9.17) is 0 Å². The number of aromatic nitrogens is 1. The molecule has 1 unspecified atom stereocenters. The topological polar surface area (TPSA) is 15.8 Å². The Balaban J connectivity index is 3.08. The average molecular weight is 243 g/mol. The summed E-state index contributed by atoms with van der Waals surface area (Å²) in [6, 6.07) is 0. The van der Waals surface area contributed by atoms with Crippen LogP contribution in [0.3, 0.4) is 0 Å². The molecule has 0 saturated carbocycles. The Hall–Kier alpha value is -1.50. The van der Waals surface area contributed by atoms with Crippen molar-refractivity contribution in [1.82, 2.24) is 4.98 Å². The van der Waals surface area contributed by atoms with E-state index in [2.05, 4.69) is 58.1 Å². The van der Waals surface area contributed by atoms with Gasteiger partial charge in [0.25, 0.3) is 0 Å². The van der Waals surface area contributed by atoms with Crippen LogP contribution in [0.15, 0.2) is 31.5 Å². The van der Waals surface area contributed by atoms with Crippen LogP contribution < -0.4 is 0 Å². The fraction of sp³-hybridized carbons (Fsp3) is 0.412. The van der Waals surface area contributed by atoms with E-state index in [1.165, 1.54) is 11.1 Å². The van der Waals surface area contributed by atoms with Gasteiger partial charge in [-0.25, -0.2) is 0 Å². The molecule has 0 fully saturated rings. The first-order valence-electron chi connectivity index (χ1n) is 6.52. The van der Waals surface area contributed by atoms with E-state index >= 15 is 0 Å². The third-order valence-electron chi connectivity index (χ3n) is 3.04. The molecule has 0 aromatic carbocycles. The minimum atomic E-state index is 0.338. The van der Waals surface area contributed by atoms with Crippen molar-refractivity contribution >= 4 is 12.2 Å². The molecule has 18 heavy (non-hydrogen) atoms. The molecule has 0 bridgehead atoms. The lowest BCUT2D eigenvalue weighted by Gasteiger charge is -2.23. The summed E-state index contributed by atoms with van der Waals surface area (Å²) in [5.74, 6) is 0.527. The zero-order chi connectivity index (χ0) is 13.8. The summed E-state index contributed by atoms with van der Waals surface area (Å²) in [5, 5.41) is 0. The summed E-state index contributed by atoms with van der Waals surface area (Å²) in [6.07, 6.45) is 11.0. The molecule has 1 nitrogen and oxygen atoms in total. The fourth-order valence-corrected chi connectivity index (χ4v) is 2.42. The first-order valence-corrected chi connectivity index (χ1v) is 6.52. The monoisotopic (exact) mass is 243 g/mol. The van der Waals surface area contributed by atoms with Gasteiger partial charge >= 0.3 is 0 Å². The lowest BCUT2D eigenvalue weighted by atomic mass is 9.82. The van der Waals surface area contributed by atoms with Crippen molar-refractivity contribution in [2.24, 2.45) is 5.41 Å². The Bertz CT molecular complexity index is 441. The second-order valence-corrected chi connectivity index (χ2v) is 6.04. The zero-order valence-electron chi connectivity index (χ0n) is 12.1. The maximum absolute atomic E-state index is 3.86. The van der Waals surface area contributed by atoms with Crippen molar-refractivity contribution in [3.63, 3.8) is 0 Å². The van der Waals surface area contributed by atoms with Gasteiger partial charge in [-0.3, -0.25) is 0 Å². The lowest BCUT2D eigenvalue weighted by Crippen LogP contribution is -2.10. The highest BCUT2D eigenvalue weighted by atomic mass is 14.7. The van der Waals surface area contributed by atoms with Crippen LogP contribution >= 0.6 is 0 Å². The number of allylic oxidation sites excluding steroid dienone is 2. The number of hydrogen-bond donors (Lipinski definition) is 1. The predicted molar refractivity (Wildman–Crippen MR) is 82.6 cm³/mol. The molecule has 1 heteroatoms. The van der Waals surface area contributed by atoms with Crippen LogP contribution in [-0.4, -0.2) is 4.98 Å². The van der Waals surface area contributed by atoms with E-state index in [1.807, 2.05) is 12.2 Å². The first-order chi connectivity index (χ1) is 8.39. The molecule has 1 rings (SSSR count). The highest BCUT2D eigenvalue weighted by Gasteiger charge is 2.19. The number of rotatable bonds is 5. The number of H-pyrrole nitrogens is 1. The average Bonchev–Trinajstić information content (AvgIpc) is 2.66. The summed E-state index contributed by atoms with van der Waals surface area (Å²) in [6.45, 7) is 16.7. The predicted octanol–water partition coefficient (Wildman–Crippen LogP) is 5.40. The quantitative estimate of drug-likeness (QED) is 0.667. The molecular formula is C17H25N. The van der Waals surface area contributed by atoms with Crippen molar-refractivity contribution in [3.8, 4) is 0 Å². The molecule has 0 radical (unpaired) electrons. The van der Waals surface area contributed by atoms with E-state index < -0.39 is 0 Å². The normalized spacial score (nSPS) is 13.8. The van der Waals surface area contributed by atoms with Crippen LogP contribution in [-0.2, 0) is 0 Å². The largest absolute Gasteiger partial charge is 0.361 e. The molecule has 1 aromatic heterocycles. The van der Waals surface area contributed by atoms with Crippen LogP contribution in [0.1, 0.15) is 56.9 Å². The van der Waals surface area contributed by atoms with Gasteiger partial charge in [0.2, 0.25) is 0 Å². The summed E-state index contributed by atoms with van der Waals surface area (Å²) in [4.78, 5) is 3.30. The first kappa shape index (κ1) is 14.6. The van der Waals surface area contributed by atoms with Gasteiger partial charge in [-0.05, 0) is 29.4 Å². The van der Waals surface area contributed by atoms with Gasteiger partial charge in [0.15, 0.2) is 0 Å². The van der Waals surface area contributed by atoms with Gasteiger partial charge in [-0.1, -0.05) is 59.1 Å². The number of nitrogens with one attached hydrogen (secondary N) is 1. The van der Waals surface area contributed by atoms with E-state index in [0.29, 0.717) is 11.3 Å². The van der Waals surface area contributed by atoms with Crippen molar-refractivity contribution in [2.75, 3.05) is 0 Å². The third kappa shape index (κ3) is 3.76. The maximum atomic E-state index is 3.86. The van der Waals surface area contributed by atoms with Crippen molar-refractivity contribution < 1.29 is 0 Å². The summed E-state index contributed by atoms with van der Waals surface area (Å²) in [7, 11) is 0. The van der Waals surface area contributed by atoms with Gasteiger partial charge in [-0.2, -0.15) is 0 Å². The summed E-state index contributed by atoms with van der Waals surface area (Å²) < 4.78 is 0. The van der Waals surface area contributed by atoms with Crippen LogP contribution in [0.4, 0.5) is 0 Å². The van der Waals surface area contributed by atoms with E-state index in [-0.39, 0.29) is 0 Å². The maximum Gasteiger partial charge on any atom is 0.0450 e. The second-order valence-electron chi connectivity index (χ2n) is 6.04. The Morgan fingerprint density at radius 1 is 1.33 bits per heavy atom. The number of hydrogen-bond acceptors (Lipinski definition) is 0. The van der Waals surface area contributed by atoms with E-state index in [9.17, 15) is 0 Å². The molecule has 0 aliphatic heterocycles.